The first-order valence-electron chi connectivity index (χ1n) is 8.16. The number of Topliss-reactive ketones (excluding diaryl/α,β-unsaturated/α-hetero) is 1. The number of aromatic amines is 1. The first-order chi connectivity index (χ1) is 12.7. The molecular formula is C18H19N3O5. The van der Waals surface area contributed by atoms with E-state index in [1.165, 1.54) is 0 Å². The fraction of sp³-hybridized carbons (Fsp3) is 0.278. The van der Waals surface area contributed by atoms with Crippen LogP contribution in [0.3, 0.4) is 0 Å². The Labute approximate surface area is 149 Å². The number of nitrogens with one attached hydrogen (secondary N) is 2. The van der Waals surface area contributed by atoms with E-state index < -0.39 is 11.8 Å². The van der Waals surface area contributed by atoms with Gasteiger partial charge in [-0.05, 0) is 25.1 Å². The lowest BCUT2D eigenvalue weighted by atomic mass is 10.1. The van der Waals surface area contributed by atoms with Crippen molar-refractivity contribution in [2.75, 3.05) is 26.9 Å². The number of carbonyl (C=O) groups excluding carboxylic acids is 2. The van der Waals surface area contributed by atoms with E-state index in [1.807, 2.05) is 6.07 Å². The van der Waals surface area contributed by atoms with Crippen LogP contribution in [0.15, 0.2) is 41.7 Å². The number of allylic oxidation sites excluding steroid dienone is 1. The smallest absolute Gasteiger partial charge is 0.347 e. The maximum atomic E-state index is 12.7. The largest absolute Gasteiger partial charge is 0.462 e. The van der Waals surface area contributed by atoms with Crippen LogP contribution in [0.25, 0.3) is 17.1 Å². The zero-order valence-electron chi connectivity index (χ0n) is 14.5. The van der Waals surface area contributed by atoms with Gasteiger partial charge in [0.25, 0.3) is 0 Å². The second kappa shape index (κ2) is 7.83. The molecule has 2 aromatic heterocycles. The van der Waals surface area contributed by atoms with Crippen molar-refractivity contribution in [2.24, 2.45) is 0 Å². The van der Waals surface area contributed by atoms with Crippen molar-refractivity contribution in [1.82, 2.24) is 15.3 Å². The second-order valence-corrected chi connectivity index (χ2v) is 5.43. The molecule has 3 heterocycles. The van der Waals surface area contributed by atoms with Crippen molar-refractivity contribution in [1.29, 1.82) is 0 Å². The summed E-state index contributed by atoms with van der Waals surface area (Å²) in [6, 6.07) is 3.68. The van der Waals surface area contributed by atoms with Crippen molar-refractivity contribution >= 4 is 28.9 Å². The van der Waals surface area contributed by atoms with Gasteiger partial charge in [0.2, 0.25) is 11.7 Å². The molecule has 0 amide bonds. The Morgan fingerprint density at radius 1 is 1.46 bits per heavy atom. The molecule has 0 atom stereocenters. The summed E-state index contributed by atoms with van der Waals surface area (Å²) in [7, 11) is 1.55. The van der Waals surface area contributed by atoms with Crippen LogP contribution >= 0.6 is 0 Å². The van der Waals surface area contributed by atoms with E-state index in [-0.39, 0.29) is 23.8 Å². The minimum Gasteiger partial charge on any atom is -0.462 e. The van der Waals surface area contributed by atoms with Crippen LogP contribution in [0.2, 0.25) is 0 Å². The highest BCUT2D eigenvalue weighted by Crippen LogP contribution is 2.28. The minimum absolute atomic E-state index is 0.0396. The summed E-state index contributed by atoms with van der Waals surface area (Å²) in [5.41, 5.74) is 1.28. The predicted octanol–water partition coefficient (Wildman–Crippen LogP) is 1.51. The Morgan fingerprint density at radius 3 is 3.08 bits per heavy atom. The average Bonchev–Trinajstić information content (AvgIpc) is 3.18. The fourth-order valence-electron chi connectivity index (χ4n) is 2.55. The van der Waals surface area contributed by atoms with E-state index in [4.69, 9.17) is 14.2 Å². The monoisotopic (exact) mass is 357 g/mol. The number of methoxy groups -OCH3 is 1. The molecule has 1 aliphatic rings. The number of hydrogen-bond acceptors (Lipinski definition) is 7. The van der Waals surface area contributed by atoms with E-state index in [0.717, 1.165) is 10.9 Å². The van der Waals surface area contributed by atoms with Crippen LogP contribution in [0.1, 0.15) is 12.5 Å². The molecule has 8 heteroatoms. The number of esters is 1. The van der Waals surface area contributed by atoms with Crippen molar-refractivity contribution in [3.8, 4) is 0 Å². The van der Waals surface area contributed by atoms with Gasteiger partial charge in [0.15, 0.2) is 11.3 Å². The molecule has 0 unspecified atom stereocenters. The van der Waals surface area contributed by atoms with Gasteiger partial charge in [-0.2, -0.15) is 0 Å². The second-order valence-electron chi connectivity index (χ2n) is 5.43. The summed E-state index contributed by atoms with van der Waals surface area (Å²) in [6.07, 6.45) is 4.97. The third kappa shape index (κ3) is 3.45. The number of ether oxygens (including phenoxy) is 3. The molecule has 0 radical (unpaired) electrons. The Kier molecular flexibility index (Phi) is 5.33. The maximum Gasteiger partial charge on any atom is 0.347 e. The van der Waals surface area contributed by atoms with Gasteiger partial charge in [0.05, 0.1) is 13.2 Å². The number of carbonyl (C=O) groups is 2. The highest BCUT2D eigenvalue weighted by atomic mass is 16.5. The summed E-state index contributed by atoms with van der Waals surface area (Å²) < 4.78 is 15.6. The molecule has 0 aromatic carbocycles. The van der Waals surface area contributed by atoms with Crippen molar-refractivity contribution < 1.29 is 23.8 Å². The Balaban J connectivity index is 1.91. The standard InChI is InChI=1S/C18H19N3O5/c1-3-25-18(23)14-15(22)13(26-17(14)20-7-8-24-2)9-11-10-21-16-12(11)5-4-6-19-16/h4-6,9-10,20H,3,7-8H2,1-2H3,(H,19,21). The molecule has 136 valence electrons. The number of ketones is 1. The van der Waals surface area contributed by atoms with Gasteiger partial charge in [0, 0.05) is 37.0 Å². The summed E-state index contributed by atoms with van der Waals surface area (Å²) in [6.45, 7) is 2.61. The van der Waals surface area contributed by atoms with Gasteiger partial charge < -0.3 is 24.5 Å². The Hall–Kier alpha value is -3.13. The van der Waals surface area contributed by atoms with E-state index in [1.54, 1.807) is 38.6 Å². The van der Waals surface area contributed by atoms with Gasteiger partial charge in [-0.25, -0.2) is 9.78 Å². The molecule has 26 heavy (non-hydrogen) atoms. The summed E-state index contributed by atoms with van der Waals surface area (Å²) in [5.74, 6) is -1.13. The number of nitrogens with zero attached hydrogens (tertiary/aromatic N) is 1. The van der Waals surface area contributed by atoms with E-state index >= 15 is 0 Å². The molecule has 0 saturated heterocycles. The third-order valence-electron chi connectivity index (χ3n) is 3.73. The number of aromatic nitrogens is 2. The van der Waals surface area contributed by atoms with Crippen LogP contribution in [-0.2, 0) is 23.8 Å². The van der Waals surface area contributed by atoms with Crippen LogP contribution in [0, 0.1) is 0 Å². The highest BCUT2D eigenvalue weighted by Gasteiger charge is 2.36. The van der Waals surface area contributed by atoms with Crippen LogP contribution in [0.4, 0.5) is 0 Å². The van der Waals surface area contributed by atoms with E-state index in [2.05, 4.69) is 15.3 Å². The van der Waals surface area contributed by atoms with Gasteiger partial charge >= 0.3 is 5.97 Å². The Morgan fingerprint density at radius 2 is 2.31 bits per heavy atom. The normalized spacial score (nSPS) is 15.6. The fourth-order valence-corrected chi connectivity index (χ4v) is 2.55. The van der Waals surface area contributed by atoms with Gasteiger partial charge in [0.1, 0.15) is 5.65 Å². The Bertz CT molecular complexity index is 897. The summed E-state index contributed by atoms with van der Waals surface area (Å²) >= 11 is 0. The number of hydrogen-bond donors (Lipinski definition) is 2. The quantitative estimate of drug-likeness (QED) is 0.335. The first kappa shape index (κ1) is 17.7. The third-order valence-corrected chi connectivity index (χ3v) is 3.73. The summed E-state index contributed by atoms with van der Waals surface area (Å²) in [5, 5.41) is 3.74. The van der Waals surface area contributed by atoms with Crippen molar-refractivity contribution in [2.45, 2.75) is 6.92 Å². The van der Waals surface area contributed by atoms with E-state index in [0.29, 0.717) is 18.8 Å². The van der Waals surface area contributed by atoms with Gasteiger partial charge in [-0.15, -0.1) is 0 Å². The average molecular weight is 357 g/mol. The molecule has 0 fully saturated rings. The summed E-state index contributed by atoms with van der Waals surface area (Å²) in [4.78, 5) is 32.1. The zero-order chi connectivity index (χ0) is 18.5. The molecule has 2 aromatic rings. The van der Waals surface area contributed by atoms with Crippen molar-refractivity contribution in [3.05, 3.63) is 47.3 Å². The zero-order valence-corrected chi connectivity index (χ0v) is 14.5. The van der Waals surface area contributed by atoms with Crippen LogP contribution < -0.4 is 5.32 Å². The molecule has 0 bridgehead atoms. The van der Waals surface area contributed by atoms with Crippen molar-refractivity contribution in [3.63, 3.8) is 0 Å². The number of pyridine rings is 1. The SMILES string of the molecule is CCOC(=O)C1=C(NCCOC)OC(=Cc2c[nH]c3ncccc23)C1=O. The molecule has 1 aliphatic heterocycles. The minimum atomic E-state index is -0.721. The lowest BCUT2D eigenvalue weighted by molar-refractivity contribution is -0.139. The molecule has 8 nitrogen and oxygen atoms in total. The lowest BCUT2D eigenvalue weighted by Crippen LogP contribution is -2.22. The number of H-pyrrole nitrogens is 1. The highest BCUT2D eigenvalue weighted by molar-refractivity contribution is 6.26. The first-order valence-corrected chi connectivity index (χ1v) is 8.16. The molecule has 0 spiro atoms. The lowest BCUT2D eigenvalue weighted by Gasteiger charge is -2.07. The molecular weight excluding hydrogens is 338 g/mol. The predicted molar refractivity (Wildman–Crippen MR) is 93.7 cm³/mol. The molecule has 3 rings (SSSR count). The number of rotatable bonds is 7. The van der Waals surface area contributed by atoms with E-state index in [9.17, 15) is 9.59 Å². The molecule has 0 aliphatic carbocycles. The maximum absolute atomic E-state index is 12.7. The van der Waals surface area contributed by atoms with Crippen LogP contribution in [0.5, 0.6) is 0 Å². The number of fused-ring (bicyclic) bond motifs is 1. The topological polar surface area (TPSA) is 103 Å². The molecule has 2 N–H and O–H groups in total. The van der Waals surface area contributed by atoms with Crippen LogP contribution in [-0.4, -0.2) is 48.6 Å². The van der Waals surface area contributed by atoms with Gasteiger partial charge in [-0.3, -0.25) is 4.79 Å². The molecule has 0 saturated carbocycles. The van der Waals surface area contributed by atoms with Gasteiger partial charge in [-0.1, -0.05) is 0 Å².